The highest BCUT2D eigenvalue weighted by atomic mass is 32.1. The zero-order valence-electron chi connectivity index (χ0n) is 9.59. The molecule has 0 amide bonds. The fourth-order valence-electron chi connectivity index (χ4n) is 1.73. The van der Waals surface area contributed by atoms with Crippen LogP contribution in [-0.2, 0) is 16.0 Å². The van der Waals surface area contributed by atoms with Crippen molar-refractivity contribution in [3.63, 3.8) is 0 Å². The standard InChI is InChI=1S/C11H16N2O3S/c14-10(15)3-2-9-8-17-11(12-9)13-4-1-6-16-7-5-13/h8H,1-7H2,(H,14,15). The number of carbonyl (C=O) groups is 1. The van der Waals surface area contributed by atoms with Gasteiger partial charge < -0.3 is 14.7 Å². The average molecular weight is 256 g/mol. The van der Waals surface area contributed by atoms with Gasteiger partial charge in [-0.3, -0.25) is 4.79 Å². The average Bonchev–Trinajstić information content (AvgIpc) is 2.60. The molecule has 1 fully saturated rings. The molecule has 0 aromatic carbocycles. The Bertz CT molecular complexity index is 373. The predicted molar refractivity (Wildman–Crippen MR) is 65.7 cm³/mol. The first-order chi connectivity index (χ1) is 8.25. The number of thiazole rings is 1. The zero-order chi connectivity index (χ0) is 12.1. The molecule has 17 heavy (non-hydrogen) atoms. The number of carboxylic acid groups (broad SMARTS) is 1. The Morgan fingerprint density at radius 3 is 3.24 bits per heavy atom. The van der Waals surface area contributed by atoms with Crippen LogP contribution in [-0.4, -0.2) is 42.4 Å². The van der Waals surface area contributed by atoms with Crippen LogP contribution >= 0.6 is 11.3 Å². The van der Waals surface area contributed by atoms with Gasteiger partial charge in [0.2, 0.25) is 0 Å². The lowest BCUT2D eigenvalue weighted by atomic mass is 10.2. The van der Waals surface area contributed by atoms with Crippen LogP contribution in [0.3, 0.4) is 0 Å². The minimum Gasteiger partial charge on any atom is -0.481 e. The number of aryl methyl sites for hydroxylation is 1. The number of aromatic nitrogens is 1. The molecule has 6 heteroatoms. The number of ether oxygens (including phenoxy) is 1. The molecular weight excluding hydrogens is 240 g/mol. The first-order valence-corrected chi connectivity index (χ1v) is 6.62. The highest BCUT2D eigenvalue weighted by molar-refractivity contribution is 7.13. The molecule has 2 heterocycles. The molecule has 1 aliphatic heterocycles. The summed E-state index contributed by atoms with van der Waals surface area (Å²) in [5.41, 5.74) is 0.873. The molecule has 0 bridgehead atoms. The summed E-state index contributed by atoms with van der Waals surface area (Å²) in [5.74, 6) is -0.775. The van der Waals surface area contributed by atoms with Crippen molar-refractivity contribution in [1.82, 2.24) is 4.98 Å². The van der Waals surface area contributed by atoms with Gasteiger partial charge in [0.1, 0.15) is 0 Å². The van der Waals surface area contributed by atoms with Gasteiger partial charge >= 0.3 is 5.97 Å². The SMILES string of the molecule is O=C(O)CCc1csc(N2CCCOCC2)n1. The highest BCUT2D eigenvalue weighted by Crippen LogP contribution is 2.22. The van der Waals surface area contributed by atoms with Crippen LogP contribution in [0.2, 0.25) is 0 Å². The van der Waals surface area contributed by atoms with Gasteiger partial charge in [0.25, 0.3) is 0 Å². The predicted octanol–water partition coefficient (Wildman–Crippen LogP) is 1.39. The quantitative estimate of drug-likeness (QED) is 0.882. The first-order valence-electron chi connectivity index (χ1n) is 5.74. The van der Waals surface area contributed by atoms with Crippen LogP contribution in [0.25, 0.3) is 0 Å². The first kappa shape index (κ1) is 12.3. The van der Waals surface area contributed by atoms with E-state index in [0.29, 0.717) is 6.42 Å². The van der Waals surface area contributed by atoms with Crippen molar-refractivity contribution in [2.45, 2.75) is 19.3 Å². The normalized spacial score (nSPS) is 16.8. The molecule has 2 rings (SSSR count). The van der Waals surface area contributed by atoms with E-state index >= 15 is 0 Å². The molecule has 1 aromatic heterocycles. The van der Waals surface area contributed by atoms with Crippen molar-refractivity contribution >= 4 is 22.4 Å². The second kappa shape index (κ2) is 5.97. The third-order valence-electron chi connectivity index (χ3n) is 2.63. The molecule has 94 valence electrons. The molecule has 5 nitrogen and oxygen atoms in total. The Kier molecular flexibility index (Phi) is 4.33. The maximum atomic E-state index is 10.5. The summed E-state index contributed by atoms with van der Waals surface area (Å²) in [6.07, 6.45) is 1.67. The van der Waals surface area contributed by atoms with Crippen LogP contribution in [0.4, 0.5) is 5.13 Å². The number of anilines is 1. The second-order valence-corrected chi connectivity index (χ2v) is 4.80. The monoisotopic (exact) mass is 256 g/mol. The summed E-state index contributed by atoms with van der Waals surface area (Å²) in [6, 6.07) is 0. The lowest BCUT2D eigenvalue weighted by molar-refractivity contribution is -0.136. The van der Waals surface area contributed by atoms with Crippen LogP contribution in [0, 0.1) is 0 Å². The summed E-state index contributed by atoms with van der Waals surface area (Å²) >= 11 is 1.58. The number of nitrogens with zero attached hydrogens (tertiary/aromatic N) is 2. The number of hydrogen-bond acceptors (Lipinski definition) is 5. The van der Waals surface area contributed by atoms with E-state index in [-0.39, 0.29) is 6.42 Å². The van der Waals surface area contributed by atoms with Crippen molar-refractivity contribution < 1.29 is 14.6 Å². The Labute approximate surface area is 104 Å². The van der Waals surface area contributed by atoms with E-state index < -0.39 is 5.97 Å². The van der Waals surface area contributed by atoms with E-state index in [2.05, 4.69) is 9.88 Å². The summed E-state index contributed by atoms with van der Waals surface area (Å²) in [5, 5.41) is 11.5. The Morgan fingerprint density at radius 1 is 1.53 bits per heavy atom. The van der Waals surface area contributed by atoms with Crippen LogP contribution < -0.4 is 4.90 Å². The molecule has 0 saturated carbocycles. The van der Waals surface area contributed by atoms with Crippen LogP contribution in [0.1, 0.15) is 18.5 Å². The van der Waals surface area contributed by atoms with Gasteiger partial charge in [0.15, 0.2) is 5.13 Å². The summed E-state index contributed by atoms with van der Waals surface area (Å²) in [6.45, 7) is 3.38. The van der Waals surface area contributed by atoms with Gasteiger partial charge in [-0.05, 0) is 6.42 Å². The number of aliphatic carboxylic acids is 1. The topological polar surface area (TPSA) is 62.7 Å². The van der Waals surface area contributed by atoms with Crippen molar-refractivity contribution in [2.75, 3.05) is 31.2 Å². The molecule has 1 saturated heterocycles. The van der Waals surface area contributed by atoms with Crippen molar-refractivity contribution in [1.29, 1.82) is 0 Å². The molecule has 0 aliphatic carbocycles. The fraction of sp³-hybridized carbons (Fsp3) is 0.636. The van der Waals surface area contributed by atoms with Crippen molar-refractivity contribution in [3.05, 3.63) is 11.1 Å². The lowest BCUT2D eigenvalue weighted by Gasteiger charge is -2.17. The Morgan fingerprint density at radius 2 is 2.41 bits per heavy atom. The molecule has 1 aliphatic rings. The van der Waals surface area contributed by atoms with Gasteiger partial charge in [-0.1, -0.05) is 0 Å². The smallest absolute Gasteiger partial charge is 0.303 e. The van der Waals surface area contributed by atoms with Gasteiger partial charge in [-0.2, -0.15) is 0 Å². The Balaban J connectivity index is 1.94. The largest absolute Gasteiger partial charge is 0.481 e. The van der Waals surface area contributed by atoms with Gasteiger partial charge in [-0.25, -0.2) is 4.98 Å². The molecular formula is C11H16N2O3S. The molecule has 1 N–H and O–H groups in total. The zero-order valence-corrected chi connectivity index (χ0v) is 10.4. The summed E-state index contributed by atoms with van der Waals surface area (Å²) < 4.78 is 5.39. The number of hydrogen-bond donors (Lipinski definition) is 1. The Hall–Kier alpha value is -1.14. The third-order valence-corrected chi connectivity index (χ3v) is 3.58. The summed E-state index contributed by atoms with van der Waals surface area (Å²) in [7, 11) is 0. The van der Waals surface area contributed by atoms with Gasteiger partial charge in [0.05, 0.1) is 18.7 Å². The van der Waals surface area contributed by atoms with Gasteiger partial charge in [-0.15, -0.1) is 11.3 Å². The van der Waals surface area contributed by atoms with E-state index in [9.17, 15) is 4.79 Å². The highest BCUT2D eigenvalue weighted by Gasteiger charge is 2.13. The number of carboxylic acids is 1. The van der Waals surface area contributed by atoms with E-state index in [1.54, 1.807) is 11.3 Å². The van der Waals surface area contributed by atoms with E-state index in [1.807, 2.05) is 5.38 Å². The van der Waals surface area contributed by atoms with Crippen LogP contribution in [0.5, 0.6) is 0 Å². The number of rotatable bonds is 4. The molecule has 1 aromatic rings. The van der Waals surface area contributed by atoms with E-state index in [0.717, 1.165) is 43.5 Å². The van der Waals surface area contributed by atoms with E-state index in [1.165, 1.54) is 0 Å². The second-order valence-electron chi connectivity index (χ2n) is 3.97. The maximum Gasteiger partial charge on any atom is 0.303 e. The van der Waals surface area contributed by atoms with Crippen molar-refractivity contribution in [3.8, 4) is 0 Å². The fourth-order valence-corrected chi connectivity index (χ4v) is 2.64. The minimum absolute atomic E-state index is 0.145. The maximum absolute atomic E-state index is 10.5. The molecule has 0 unspecified atom stereocenters. The lowest BCUT2D eigenvalue weighted by Crippen LogP contribution is -2.25. The van der Waals surface area contributed by atoms with Gasteiger partial charge in [0, 0.05) is 31.5 Å². The third kappa shape index (κ3) is 3.67. The molecule has 0 spiro atoms. The molecule has 0 atom stereocenters. The molecule has 0 radical (unpaired) electrons. The van der Waals surface area contributed by atoms with E-state index in [4.69, 9.17) is 9.84 Å². The van der Waals surface area contributed by atoms with Crippen molar-refractivity contribution in [2.24, 2.45) is 0 Å². The minimum atomic E-state index is -0.775. The van der Waals surface area contributed by atoms with Crippen LogP contribution in [0.15, 0.2) is 5.38 Å². The summed E-state index contributed by atoms with van der Waals surface area (Å²) in [4.78, 5) is 17.2.